The molecule has 5 rings (SSSR count). The maximum absolute atomic E-state index is 13.4. The molecule has 5 aromatic rings. The molecule has 324 valence electrons. The molecule has 0 aromatic heterocycles. The minimum Gasteiger partial charge on any atom is -0.476 e. The van der Waals surface area contributed by atoms with Crippen molar-refractivity contribution < 1.29 is 33.5 Å². The van der Waals surface area contributed by atoms with Gasteiger partial charge in [-0.15, -0.1) is 0 Å². The fourth-order valence-corrected chi connectivity index (χ4v) is 6.77. The Hall–Kier alpha value is -5.65. The molecule has 0 aliphatic carbocycles. The highest BCUT2D eigenvalue weighted by Crippen LogP contribution is 2.32. The minimum atomic E-state index is -1.69. The monoisotopic (exact) mass is 990 g/mol. The number of ketones is 2. The molecule has 0 saturated carbocycles. The van der Waals surface area contributed by atoms with Gasteiger partial charge in [0.1, 0.15) is 17.1 Å². The van der Waals surface area contributed by atoms with Crippen LogP contribution in [-0.2, 0) is 19.2 Å². The first kappa shape index (κ1) is 48.4. The molecule has 63 heavy (non-hydrogen) atoms. The van der Waals surface area contributed by atoms with Gasteiger partial charge in [-0.3, -0.25) is 28.8 Å². The van der Waals surface area contributed by atoms with Crippen LogP contribution in [0.3, 0.4) is 0 Å². The van der Waals surface area contributed by atoms with Gasteiger partial charge in [-0.1, -0.05) is 81.2 Å². The highest BCUT2D eigenvalue weighted by atomic mass is 35.5. The zero-order valence-corrected chi connectivity index (χ0v) is 37.6. The fourth-order valence-electron chi connectivity index (χ4n) is 5.29. The van der Waals surface area contributed by atoms with Crippen molar-refractivity contribution in [1.29, 1.82) is 0 Å². The van der Waals surface area contributed by atoms with Gasteiger partial charge in [0.15, 0.2) is 17.6 Å². The van der Waals surface area contributed by atoms with Crippen molar-refractivity contribution >= 4 is 151 Å². The molecule has 22 heteroatoms. The predicted octanol–water partition coefficient (Wildman–Crippen LogP) is 12.0. The summed E-state index contributed by atoms with van der Waals surface area (Å²) >= 11 is 42.5. The Morgan fingerprint density at radius 3 is 1.37 bits per heavy atom. The highest BCUT2D eigenvalue weighted by Gasteiger charge is 2.27. The number of halogens is 7. The lowest BCUT2D eigenvalue weighted by Crippen LogP contribution is -2.32. The van der Waals surface area contributed by atoms with Crippen molar-refractivity contribution in [3.63, 3.8) is 0 Å². The first-order valence-corrected chi connectivity index (χ1v) is 20.6. The number of amides is 4. The molecule has 15 nitrogen and oxygen atoms in total. The number of hydrogen-bond donors (Lipinski definition) is 4. The molecule has 0 spiro atoms. The second kappa shape index (κ2) is 22.1. The molecule has 0 heterocycles. The number of azo groups is 2. The average molecular weight is 994 g/mol. The number of benzene rings is 5. The number of carbonyl (C=O) groups excluding carboxylic acids is 6. The molecule has 0 radical (unpaired) electrons. The van der Waals surface area contributed by atoms with E-state index in [1.54, 1.807) is 0 Å². The van der Waals surface area contributed by atoms with Crippen molar-refractivity contribution in [3.8, 4) is 5.75 Å². The summed E-state index contributed by atoms with van der Waals surface area (Å²) in [6.45, 7) is 2.23. The number of alkyl halides is 1. The topological polar surface area (TPSA) is 209 Å². The van der Waals surface area contributed by atoms with Gasteiger partial charge < -0.3 is 26.0 Å². The van der Waals surface area contributed by atoms with Gasteiger partial charge in [0.25, 0.3) is 23.6 Å². The molecule has 5 aromatic carbocycles. The van der Waals surface area contributed by atoms with Crippen LogP contribution in [0.4, 0.5) is 34.1 Å². The van der Waals surface area contributed by atoms with Crippen molar-refractivity contribution in [3.05, 3.63) is 132 Å². The highest BCUT2D eigenvalue weighted by molar-refractivity contribution is 6.36. The van der Waals surface area contributed by atoms with Gasteiger partial charge >= 0.3 is 0 Å². The number of nitrogens with zero attached hydrogens (tertiary/aromatic N) is 4. The second-order valence-electron chi connectivity index (χ2n) is 13.0. The van der Waals surface area contributed by atoms with Crippen LogP contribution in [-0.4, -0.2) is 53.3 Å². The smallest absolute Gasteiger partial charge is 0.258 e. The molecule has 0 bridgehead atoms. The molecule has 2 atom stereocenters. The van der Waals surface area contributed by atoms with Crippen LogP contribution >= 0.6 is 81.2 Å². The Bertz CT molecular complexity index is 2660. The molecule has 0 aliphatic heterocycles. The molecule has 0 fully saturated rings. The van der Waals surface area contributed by atoms with Gasteiger partial charge in [-0.05, 0) is 98.8 Å². The largest absolute Gasteiger partial charge is 0.476 e. The average Bonchev–Trinajstić information content (AvgIpc) is 3.19. The summed E-state index contributed by atoms with van der Waals surface area (Å²) in [5.41, 5.74) is 0.932. The van der Waals surface area contributed by atoms with E-state index >= 15 is 0 Å². The lowest BCUT2D eigenvalue weighted by atomic mass is 10.1. The predicted molar refractivity (Wildman–Crippen MR) is 245 cm³/mol. The van der Waals surface area contributed by atoms with Gasteiger partial charge in [-0.25, -0.2) is 0 Å². The SMILES string of the molecule is CC(=O)C(N=Nc1cc(C(=O)Nc2cc(Cl)cc(Cl)c2)ccc1Cl)C(=O)Nc1ccc(NC(=O)C(N=Nc2cc(C(=O)Nc3cc(Cl)cc(Cl)c3)ccc2Cl)C(C)=O)c(OCCl)c1. The summed E-state index contributed by atoms with van der Waals surface area (Å²) in [5, 5.41) is 27.5. The number of anilines is 4. The van der Waals surface area contributed by atoms with E-state index in [9.17, 15) is 28.8 Å². The zero-order chi connectivity index (χ0) is 46.0. The summed E-state index contributed by atoms with van der Waals surface area (Å²) in [5.74, 6) is -4.41. The Labute approximate surface area is 393 Å². The first-order chi connectivity index (χ1) is 29.9. The Kier molecular flexibility index (Phi) is 17.0. The van der Waals surface area contributed by atoms with E-state index in [-0.39, 0.29) is 49.7 Å². The third-order valence-electron chi connectivity index (χ3n) is 8.20. The maximum Gasteiger partial charge on any atom is 0.258 e. The molecule has 4 amide bonds. The number of nitrogens with one attached hydrogen (secondary N) is 4. The van der Waals surface area contributed by atoms with E-state index in [1.165, 1.54) is 91.0 Å². The van der Waals surface area contributed by atoms with Gasteiger partial charge in [0.2, 0.25) is 12.1 Å². The minimum absolute atomic E-state index is 0.0118. The van der Waals surface area contributed by atoms with Crippen molar-refractivity contribution in [1.82, 2.24) is 0 Å². The Morgan fingerprint density at radius 2 is 0.952 bits per heavy atom. The van der Waals surface area contributed by atoms with Crippen molar-refractivity contribution in [2.24, 2.45) is 20.5 Å². The normalized spacial score (nSPS) is 12.1. The van der Waals surface area contributed by atoms with Crippen molar-refractivity contribution in [2.75, 3.05) is 27.3 Å². The third kappa shape index (κ3) is 13.7. The number of rotatable bonds is 16. The van der Waals surface area contributed by atoms with E-state index < -0.39 is 53.3 Å². The molecular weight excluding hydrogens is 965 g/mol. The van der Waals surface area contributed by atoms with Crippen LogP contribution in [0.2, 0.25) is 30.1 Å². The Balaban J connectivity index is 1.28. The van der Waals surface area contributed by atoms with E-state index in [2.05, 4.69) is 41.7 Å². The van der Waals surface area contributed by atoms with E-state index in [4.69, 9.17) is 85.9 Å². The van der Waals surface area contributed by atoms with Crippen molar-refractivity contribution in [2.45, 2.75) is 25.9 Å². The van der Waals surface area contributed by atoms with Crippen LogP contribution in [0.25, 0.3) is 0 Å². The fraction of sp³-hybridized carbons (Fsp3) is 0.122. The molecule has 2 unspecified atom stereocenters. The summed E-state index contributed by atoms with van der Waals surface area (Å²) in [4.78, 5) is 77.8. The van der Waals surface area contributed by atoms with Gasteiger partial charge in [-0.2, -0.15) is 20.5 Å². The maximum atomic E-state index is 13.4. The number of carbonyl (C=O) groups is 6. The molecular formula is C41H29Cl7N8O7. The standard InChI is InChI=1S/C41H29Cl7N8O7/c1-19(57)36(55-53-33-9-21(3-6-30(33)47)38(59)50-28-13-23(43)11-24(44)14-28)40(61)49-27-5-8-32(35(17-27)63-18-42)52-41(62)37(20(2)58)56-54-34-10-22(4-7-31(34)48)39(60)51-29-15-25(45)12-26(46)16-29/h3-17,36-37H,18H2,1-2H3,(H,49,61)(H,50,59)(H,51,60)(H,52,62). The summed E-state index contributed by atoms with van der Waals surface area (Å²) < 4.78 is 5.46. The third-order valence-corrected chi connectivity index (χ3v) is 9.82. The van der Waals surface area contributed by atoms with Crippen LogP contribution in [0, 0.1) is 0 Å². The number of hydrogen-bond acceptors (Lipinski definition) is 11. The van der Waals surface area contributed by atoms with E-state index in [0.29, 0.717) is 31.5 Å². The molecule has 4 N–H and O–H groups in total. The zero-order valence-electron chi connectivity index (χ0n) is 32.3. The first-order valence-electron chi connectivity index (χ1n) is 17.8. The Morgan fingerprint density at radius 1 is 0.524 bits per heavy atom. The molecule has 0 aliphatic rings. The summed E-state index contributed by atoms with van der Waals surface area (Å²) in [7, 11) is 0. The second-order valence-corrected chi connectivity index (χ2v) is 15.7. The number of ether oxygens (including phenoxy) is 1. The van der Waals surface area contributed by atoms with E-state index in [0.717, 1.165) is 13.8 Å². The number of Topliss-reactive ketones (excluding diaryl/α,β-unsaturated/α-hetero) is 2. The van der Waals surface area contributed by atoms with E-state index in [1.807, 2.05) is 0 Å². The quantitative estimate of drug-likeness (QED) is 0.0426. The van der Waals surface area contributed by atoms with Crippen LogP contribution < -0.4 is 26.0 Å². The lowest BCUT2D eigenvalue weighted by Gasteiger charge is -2.15. The van der Waals surface area contributed by atoms with Crippen LogP contribution in [0.5, 0.6) is 5.75 Å². The summed E-state index contributed by atoms with van der Waals surface area (Å²) in [6, 6.07) is 17.4. The van der Waals surface area contributed by atoms with Crippen LogP contribution in [0.15, 0.2) is 111 Å². The molecule has 0 saturated heterocycles. The van der Waals surface area contributed by atoms with Crippen LogP contribution in [0.1, 0.15) is 34.6 Å². The van der Waals surface area contributed by atoms with Gasteiger partial charge in [0, 0.05) is 54.3 Å². The van der Waals surface area contributed by atoms with Gasteiger partial charge in [0.05, 0.1) is 15.7 Å². The lowest BCUT2D eigenvalue weighted by molar-refractivity contribution is -0.127. The summed E-state index contributed by atoms with van der Waals surface area (Å²) in [6.07, 6.45) is 0.